The van der Waals surface area contributed by atoms with E-state index in [1.807, 2.05) is 0 Å². The van der Waals surface area contributed by atoms with Gasteiger partial charge in [-0.2, -0.15) is 0 Å². The van der Waals surface area contributed by atoms with Crippen molar-refractivity contribution in [2.45, 2.75) is 154 Å². The molecule has 0 spiro atoms. The maximum Gasteiger partial charge on any atom is 0.472 e. The van der Waals surface area contributed by atoms with Crippen LogP contribution in [0.15, 0.2) is 72.9 Å². The van der Waals surface area contributed by atoms with E-state index < -0.39 is 84.5 Å². The quantitative estimate of drug-likeness (QED) is 0.0140. The first-order valence-corrected chi connectivity index (χ1v) is 24.9. The van der Waals surface area contributed by atoms with Crippen LogP contribution in [0.5, 0.6) is 0 Å². The summed E-state index contributed by atoms with van der Waals surface area (Å²) in [6.07, 6.45) is 30.3. The van der Waals surface area contributed by atoms with Crippen LogP contribution in [0.25, 0.3) is 0 Å². The number of esters is 2. The molecule has 0 amide bonds. The summed E-state index contributed by atoms with van der Waals surface area (Å²) in [5.74, 6) is -2.08. The molecule has 8 atom stereocenters. The second kappa shape index (κ2) is 34.8. The Kier molecular flexibility index (Phi) is 32.2. The summed E-state index contributed by atoms with van der Waals surface area (Å²) < 4.78 is 47.7. The van der Waals surface area contributed by atoms with Crippen molar-refractivity contribution in [1.82, 2.24) is 0 Å². The number of unbranched alkanes of at least 4 members (excludes halogenated alkanes) is 6. The molecular formula is C44H74O16P2. The van der Waals surface area contributed by atoms with Crippen molar-refractivity contribution in [1.29, 1.82) is 0 Å². The van der Waals surface area contributed by atoms with Gasteiger partial charge in [-0.15, -0.1) is 0 Å². The predicted molar refractivity (Wildman–Crippen MR) is 236 cm³/mol. The van der Waals surface area contributed by atoms with Gasteiger partial charge in [0.2, 0.25) is 0 Å². The highest BCUT2D eigenvalue weighted by molar-refractivity contribution is 7.47. The maximum atomic E-state index is 12.7. The van der Waals surface area contributed by atoms with Gasteiger partial charge in [-0.3, -0.25) is 23.2 Å². The van der Waals surface area contributed by atoms with Crippen LogP contribution in [0, 0.1) is 11.8 Å². The largest absolute Gasteiger partial charge is 0.472 e. The first-order valence-electron chi connectivity index (χ1n) is 21.9. The van der Waals surface area contributed by atoms with Gasteiger partial charge < -0.3 is 44.6 Å². The third-order valence-corrected chi connectivity index (χ3v) is 11.1. The lowest BCUT2D eigenvalue weighted by molar-refractivity contribution is -0.160. The SMILES string of the molecule is CC/C=C\C/C=C\C/C=C\C/C=C\CCCCCCC(=O)O[C@H](COC(=O)C/C=C\C[C@H]1[C@@H](/C=C/[C@H](O)CCCCC)[C@H](O)C[C@@H]1O)COP(=O)(O)OC[C@@H](O)COP(=O)(O)O. The van der Waals surface area contributed by atoms with E-state index in [-0.39, 0.29) is 31.1 Å². The van der Waals surface area contributed by atoms with E-state index in [2.05, 4.69) is 71.5 Å². The predicted octanol–water partition coefficient (Wildman–Crippen LogP) is 7.38. The Morgan fingerprint density at radius 3 is 1.98 bits per heavy atom. The number of phosphoric acid groups is 2. The summed E-state index contributed by atoms with van der Waals surface area (Å²) in [6, 6.07) is 0. The summed E-state index contributed by atoms with van der Waals surface area (Å²) in [7, 11) is -9.81. The molecule has 1 saturated carbocycles. The van der Waals surface area contributed by atoms with Crippen LogP contribution in [0.3, 0.4) is 0 Å². The summed E-state index contributed by atoms with van der Waals surface area (Å²) in [5, 5.41) is 41.1. The van der Waals surface area contributed by atoms with Gasteiger partial charge in [0.25, 0.3) is 0 Å². The molecule has 0 heterocycles. The lowest BCUT2D eigenvalue weighted by Crippen LogP contribution is -2.29. The fourth-order valence-corrected chi connectivity index (χ4v) is 7.47. The molecule has 16 nitrogen and oxygen atoms in total. The average molecular weight is 921 g/mol. The van der Waals surface area contributed by atoms with E-state index in [0.717, 1.165) is 70.6 Å². The molecule has 1 rings (SSSR count). The van der Waals surface area contributed by atoms with Crippen molar-refractivity contribution >= 4 is 27.6 Å². The van der Waals surface area contributed by atoms with Crippen LogP contribution in [-0.4, -0.2) is 104 Å². The Morgan fingerprint density at radius 2 is 1.32 bits per heavy atom. The topological polar surface area (TPSA) is 256 Å². The lowest BCUT2D eigenvalue weighted by atomic mass is 9.89. The highest BCUT2D eigenvalue weighted by Crippen LogP contribution is 2.44. The number of carbonyl (C=O) groups is 2. The molecule has 1 fully saturated rings. The minimum absolute atomic E-state index is 0.0337. The zero-order valence-electron chi connectivity index (χ0n) is 36.5. The van der Waals surface area contributed by atoms with Crippen molar-refractivity contribution in [2.75, 3.05) is 26.4 Å². The molecule has 1 unspecified atom stereocenters. The van der Waals surface area contributed by atoms with Crippen molar-refractivity contribution in [3.8, 4) is 0 Å². The molecule has 18 heteroatoms. The van der Waals surface area contributed by atoms with Gasteiger partial charge in [0, 0.05) is 18.8 Å². The Labute approximate surface area is 368 Å². The number of allylic oxidation sites excluding steroid dienone is 9. The number of aliphatic hydroxyl groups is 4. The number of ether oxygens (including phenoxy) is 2. The van der Waals surface area contributed by atoms with E-state index in [1.54, 1.807) is 18.2 Å². The number of hydrogen-bond acceptors (Lipinski definition) is 13. The molecule has 0 aromatic carbocycles. The molecule has 1 aliphatic carbocycles. The fraction of sp³-hybridized carbons (Fsp3) is 0.682. The second-order valence-corrected chi connectivity index (χ2v) is 17.9. The lowest BCUT2D eigenvalue weighted by Gasteiger charge is -2.20. The van der Waals surface area contributed by atoms with Gasteiger partial charge >= 0.3 is 27.6 Å². The maximum absolute atomic E-state index is 12.7. The molecule has 356 valence electrons. The smallest absolute Gasteiger partial charge is 0.461 e. The van der Waals surface area contributed by atoms with E-state index in [9.17, 15) is 44.0 Å². The van der Waals surface area contributed by atoms with Gasteiger partial charge in [0.15, 0.2) is 6.10 Å². The molecular weight excluding hydrogens is 846 g/mol. The van der Waals surface area contributed by atoms with E-state index in [1.165, 1.54) is 6.08 Å². The first-order chi connectivity index (χ1) is 29.6. The summed E-state index contributed by atoms with van der Waals surface area (Å²) in [4.78, 5) is 53.0. The second-order valence-electron chi connectivity index (χ2n) is 15.2. The first kappa shape index (κ1) is 57.5. The molecule has 0 saturated heterocycles. The van der Waals surface area contributed by atoms with Crippen LogP contribution in [0.2, 0.25) is 0 Å². The average Bonchev–Trinajstić information content (AvgIpc) is 3.49. The summed E-state index contributed by atoms with van der Waals surface area (Å²) in [6.45, 7) is 1.12. The number of rotatable bonds is 36. The van der Waals surface area contributed by atoms with Crippen LogP contribution < -0.4 is 0 Å². The normalized spacial score (nSPS) is 21.2. The number of carbonyl (C=O) groups excluding carboxylic acids is 2. The zero-order valence-corrected chi connectivity index (χ0v) is 38.3. The molecule has 62 heavy (non-hydrogen) atoms. The Bertz CT molecular complexity index is 1490. The molecule has 1 aliphatic rings. The van der Waals surface area contributed by atoms with Gasteiger partial charge in [-0.05, 0) is 63.7 Å². The highest BCUT2D eigenvalue weighted by atomic mass is 31.2. The van der Waals surface area contributed by atoms with Crippen molar-refractivity contribution < 1.29 is 76.9 Å². The monoisotopic (exact) mass is 920 g/mol. The van der Waals surface area contributed by atoms with Gasteiger partial charge in [0.05, 0.1) is 44.6 Å². The van der Waals surface area contributed by atoms with Crippen LogP contribution in [0.4, 0.5) is 0 Å². The van der Waals surface area contributed by atoms with Gasteiger partial charge in [0.1, 0.15) is 12.7 Å². The number of hydrogen-bond donors (Lipinski definition) is 7. The van der Waals surface area contributed by atoms with Gasteiger partial charge in [-0.1, -0.05) is 119 Å². The van der Waals surface area contributed by atoms with Crippen molar-refractivity contribution in [3.05, 3.63) is 72.9 Å². The Balaban J connectivity index is 2.64. The summed E-state index contributed by atoms with van der Waals surface area (Å²) in [5.41, 5.74) is 0. The molecule has 0 radical (unpaired) electrons. The van der Waals surface area contributed by atoms with E-state index in [0.29, 0.717) is 19.3 Å². The summed E-state index contributed by atoms with van der Waals surface area (Å²) >= 11 is 0. The van der Waals surface area contributed by atoms with Crippen LogP contribution in [-0.2, 0) is 41.8 Å². The number of phosphoric ester groups is 2. The molecule has 0 aliphatic heterocycles. The Hall–Kier alpha value is -2.56. The molecule has 7 N–H and O–H groups in total. The third kappa shape index (κ3) is 31.3. The molecule has 0 aromatic heterocycles. The highest BCUT2D eigenvalue weighted by Gasteiger charge is 2.39. The van der Waals surface area contributed by atoms with Crippen molar-refractivity contribution in [2.24, 2.45) is 11.8 Å². The van der Waals surface area contributed by atoms with Gasteiger partial charge in [-0.25, -0.2) is 9.13 Å². The Morgan fingerprint density at radius 1 is 0.694 bits per heavy atom. The van der Waals surface area contributed by atoms with E-state index in [4.69, 9.17) is 23.8 Å². The van der Waals surface area contributed by atoms with Crippen molar-refractivity contribution in [3.63, 3.8) is 0 Å². The standard InChI is InChI=1S/C44H74O16P2/c1-3-5-7-8-9-10-11-12-13-14-15-16-17-18-19-20-22-28-44(50)60-38(35-59-62(54,55)58-33-37(46)32-57-61(51,52)53)34-56-43(49)27-24-23-26-39-40(42(48)31-41(39)47)30-29-36(45)25-21-6-4-2/h5,7,9-10,12-13,15-16,23-24,29-30,36-42,45-48H,3-4,6,8,11,14,17-22,25-28,31-35H2,1-2H3,(H,54,55)(H2,51,52,53)/b7-5-,10-9-,13-12-,16-15-,24-23-,30-29+/t36-,37+,38-,39+,40-,41+,42-/m1/s1. The molecule has 0 bridgehead atoms. The third-order valence-electron chi connectivity index (χ3n) is 9.67. The molecule has 0 aromatic rings. The van der Waals surface area contributed by atoms with E-state index >= 15 is 0 Å². The fourth-order valence-electron chi connectivity index (χ4n) is 6.31. The minimum atomic E-state index is -4.91. The van der Waals surface area contributed by atoms with Crippen LogP contribution in [0.1, 0.15) is 123 Å². The van der Waals surface area contributed by atoms with Crippen LogP contribution >= 0.6 is 15.6 Å². The number of aliphatic hydroxyl groups excluding tert-OH is 4. The minimum Gasteiger partial charge on any atom is -0.461 e. The zero-order chi connectivity index (χ0) is 46.1.